The zero-order valence-electron chi connectivity index (χ0n) is 18.6. The van der Waals surface area contributed by atoms with Gasteiger partial charge in [-0.15, -0.1) is 28.1 Å². The molecule has 11 heteroatoms. The lowest BCUT2D eigenvalue weighted by Crippen LogP contribution is -2.15. The Labute approximate surface area is 221 Å². The first-order valence-corrected chi connectivity index (χ1v) is 13.2. The summed E-state index contributed by atoms with van der Waals surface area (Å²) in [5.74, 6) is 1.22. The maximum atomic E-state index is 12.6. The second kappa shape index (κ2) is 11.7. The van der Waals surface area contributed by atoms with Crippen LogP contribution in [-0.2, 0) is 11.3 Å². The number of amides is 1. The van der Waals surface area contributed by atoms with Crippen molar-refractivity contribution in [3.63, 3.8) is 0 Å². The SMILES string of the molecule is C=CCn1c(SCC(=O)Nc2nc(-c3ccc(Cl)cc3)cs2)nnc1C(C)Oc1cccc(Cl)c1. The van der Waals surface area contributed by atoms with E-state index in [0.717, 1.165) is 11.3 Å². The summed E-state index contributed by atoms with van der Waals surface area (Å²) in [4.78, 5) is 17.0. The molecule has 1 unspecified atom stereocenters. The normalized spacial score (nSPS) is 11.7. The van der Waals surface area contributed by atoms with E-state index in [4.69, 9.17) is 27.9 Å². The molecule has 0 radical (unpaired) electrons. The molecule has 4 aromatic rings. The van der Waals surface area contributed by atoms with Crippen molar-refractivity contribution in [1.82, 2.24) is 19.7 Å². The van der Waals surface area contributed by atoms with Crippen LogP contribution in [0.2, 0.25) is 10.0 Å². The molecule has 1 amide bonds. The van der Waals surface area contributed by atoms with Crippen molar-refractivity contribution >= 4 is 57.3 Å². The lowest BCUT2D eigenvalue weighted by Gasteiger charge is -2.15. The van der Waals surface area contributed by atoms with Gasteiger partial charge in [-0.2, -0.15) is 0 Å². The maximum Gasteiger partial charge on any atom is 0.236 e. The monoisotopic (exact) mass is 545 g/mol. The molecule has 1 N–H and O–H groups in total. The molecule has 7 nitrogen and oxygen atoms in total. The molecule has 2 aromatic heterocycles. The lowest BCUT2D eigenvalue weighted by molar-refractivity contribution is -0.113. The molecule has 180 valence electrons. The number of anilines is 1. The van der Waals surface area contributed by atoms with Gasteiger partial charge in [0.25, 0.3) is 0 Å². The van der Waals surface area contributed by atoms with Gasteiger partial charge in [-0.05, 0) is 37.3 Å². The highest BCUT2D eigenvalue weighted by molar-refractivity contribution is 7.99. The molecule has 0 saturated carbocycles. The zero-order chi connectivity index (χ0) is 24.8. The Morgan fingerprint density at radius 1 is 1.23 bits per heavy atom. The van der Waals surface area contributed by atoms with E-state index in [1.54, 1.807) is 30.3 Å². The number of rotatable bonds is 10. The highest BCUT2D eigenvalue weighted by Crippen LogP contribution is 2.28. The molecule has 2 aromatic carbocycles. The molecule has 0 saturated heterocycles. The van der Waals surface area contributed by atoms with Crippen LogP contribution in [0.3, 0.4) is 0 Å². The van der Waals surface area contributed by atoms with Crippen molar-refractivity contribution in [2.24, 2.45) is 0 Å². The predicted molar refractivity (Wildman–Crippen MR) is 143 cm³/mol. The van der Waals surface area contributed by atoms with Crippen LogP contribution in [0, 0.1) is 0 Å². The number of hydrogen-bond acceptors (Lipinski definition) is 7. The summed E-state index contributed by atoms with van der Waals surface area (Å²) in [6.07, 6.45) is 1.36. The second-order valence-electron chi connectivity index (χ2n) is 7.34. The number of nitrogens with one attached hydrogen (secondary N) is 1. The van der Waals surface area contributed by atoms with E-state index in [0.29, 0.717) is 38.5 Å². The van der Waals surface area contributed by atoms with Crippen LogP contribution in [0.1, 0.15) is 18.9 Å². The van der Waals surface area contributed by atoms with Crippen LogP contribution >= 0.6 is 46.3 Å². The molecule has 0 bridgehead atoms. The fourth-order valence-electron chi connectivity index (χ4n) is 3.18. The van der Waals surface area contributed by atoms with E-state index < -0.39 is 0 Å². The number of halogens is 2. The number of carbonyl (C=O) groups is 1. The largest absolute Gasteiger partial charge is 0.483 e. The number of carbonyl (C=O) groups excluding carboxylic acids is 1. The van der Waals surface area contributed by atoms with Gasteiger partial charge in [0.05, 0.1) is 11.4 Å². The molecule has 0 spiro atoms. The molecule has 0 aliphatic carbocycles. The van der Waals surface area contributed by atoms with Gasteiger partial charge in [0.15, 0.2) is 22.2 Å². The number of allylic oxidation sites excluding steroid dienone is 1. The first-order valence-electron chi connectivity index (χ1n) is 10.5. The summed E-state index contributed by atoms with van der Waals surface area (Å²) in [7, 11) is 0. The molecule has 0 aliphatic rings. The summed E-state index contributed by atoms with van der Waals surface area (Å²) in [6.45, 7) is 6.18. The first-order chi connectivity index (χ1) is 16.9. The highest BCUT2D eigenvalue weighted by Gasteiger charge is 2.20. The molecular formula is C24H21Cl2N5O2S2. The minimum Gasteiger partial charge on any atom is -0.483 e. The first kappa shape index (κ1) is 25.2. The van der Waals surface area contributed by atoms with Gasteiger partial charge >= 0.3 is 0 Å². The van der Waals surface area contributed by atoms with E-state index in [9.17, 15) is 4.79 Å². The van der Waals surface area contributed by atoms with Crippen LogP contribution in [0.15, 0.2) is 71.7 Å². The number of nitrogens with zero attached hydrogens (tertiary/aromatic N) is 4. The van der Waals surface area contributed by atoms with Crippen molar-refractivity contribution in [2.75, 3.05) is 11.1 Å². The van der Waals surface area contributed by atoms with Gasteiger partial charge in [-0.1, -0.05) is 59.2 Å². The molecule has 1 atom stereocenters. The third kappa shape index (κ3) is 6.64. The van der Waals surface area contributed by atoms with Gasteiger partial charge in [0, 0.05) is 27.5 Å². The van der Waals surface area contributed by atoms with E-state index >= 15 is 0 Å². The fourth-order valence-corrected chi connectivity index (χ4v) is 4.97. The number of thioether (sulfide) groups is 1. The summed E-state index contributed by atoms with van der Waals surface area (Å²) >= 11 is 14.6. The Morgan fingerprint density at radius 2 is 2.03 bits per heavy atom. The minimum absolute atomic E-state index is 0.147. The smallest absolute Gasteiger partial charge is 0.236 e. The topological polar surface area (TPSA) is 81.9 Å². The maximum absolute atomic E-state index is 12.6. The van der Waals surface area contributed by atoms with Gasteiger partial charge in [-0.3, -0.25) is 9.36 Å². The predicted octanol–water partition coefficient (Wildman–Crippen LogP) is 6.77. The third-order valence-corrected chi connectivity index (χ3v) is 6.96. The van der Waals surface area contributed by atoms with Gasteiger partial charge < -0.3 is 10.1 Å². The quantitative estimate of drug-likeness (QED) is 0.175. The number of benzene rings is 2. The van der Waals surface area contributed by atoms with E-state index in [-0.39, 0.29) is 17.8 Å². The molecule has 0 aliphatic heterocycles. The lowest BCUT2D eigenvalue weighted by atomic mass is 10.2. The molecule has 35 heavy (non-hydrogen) atoms. The van der Waals surface area contributed by atoms with Crippen LogP contribution < -0.4 is 10.1 Å². The Bertz CT molecular complexity index is 1320. The summed E-state index contributed by atoms with van der Waals surface area (Å²) in [6, 6.07) is 14.6. The van der Waals surface area contributed by atoms with Gasteiger partial charge in [-0.25, -0.2) is 4.98 Å². The molecular weight excluding hydrogens is 525 g/mol. The van der Waals surface area contributed by atoms with Crippen molar-refractivity contribution in [2.45, 2.75) is 24.7 Å². The van der Waals surface area contributed by atoms with Crippen LogP contribution in [0.5, 0.6) is 5.75 Å². The van der Waals surface area contributed by atoms with Crippen LogP contribution in [0.4, 0.5) is 5.13 Å². The number of thiazole rings is 1. The number of hydrogen-bond donors (Lipinski definition) is 1. The third-order valence-electron chi connectivity index (χ3n) is 4.75. The summed E-state index contributed by atoms with van der Waals surface area (Å²) in [5.41, 5.74) is 1.71. The Balaban J connectivity index is 1.38. The van der Waals surface area contributed by atoms with Crippen molar-refractivity contribution in [3.05, 3.63) is 82.4 Å². The Kier molecular flexibility index (Phi) is 8.46. The number of ether oxygens (including phenoxy) is 1. The van der Waals surface area contributed by atoms with Crippen LogP contribution in [0.25, 0.3) is 11.3 Å². The molecule has 0 fully saturated rings. The van der Waals surface area contributed by atoms with E-state index in [2.05, 4.69) is 27.1 Å². The van der Waals surface area contributed by atoms with Gasteiger partial charge in [0.1, 0.15) is 5.75 Å². The second-order valence-corrected chi connectivity index (χ2v) is 10.0. The highest BCUT2D eigenvalue weighted by atomic mass is 35.5. The number of aromatic nitrogens is 4. The summed E-state index contributed by atoms with van der Waals surface area (Å²) in [5, 5.41) is 15.7. The standard InChI is InChI=1S/C24H21Cl2N5O2S2/c1-3-11-31-22(15(2)33-19-6-4-5-18(26)12-19)29-30-24(31)35-14-21(32)28-23-27-20(13-34-23)16-7-9-17(25)10-8-16/h3-10,12-13,15H,1,11,14H2,2H3,(H,27,28,32). The van der Waals surface area contributed by atoms with E-state index in [1.807, 2.05) is 41.1 Å². The van der Waals surface area contributed by atoms with Crippen LogP contribution in [-0.4, -0.2) is 31.4 Å². The van der Waals surface area contributed by atoms with E-state index in [1.165, 1.54) is 23.1 Å². The van der Waals surface area contributed by atoms with Gasteiger partial charge in [0.2, 0.25) is 5.91 Å². The Morgan fingerprint density at radius 3 is 2.77 bits per heavy atom. The van der Waals surface area contributed by atoms with Crippen molar-refractivity contribution in [1.29, 1.82) is 0 Å². The zero-order valence-corrected chi connectivity index (χ0v) is 21.8. The average Bonchev–Trinajstić information content (AvgIpc) is 3.46. The molecule has 2 heterocycles. The van der Waals surface area contributed by atoms with Crippen molar-refractivity contribution < 1.29 is 9.53 Å². The summed E-state index contributed by atoms with van der Waals surface area (Å²) < 4.78 is 7.86. The molecule has 4 rings (SSSR count). The Hall–Kier alpha value is -2.85. The fraction of sp³-hybridized carbons (Fsp3) is 0.167. The average molecular weight is 547 g/mol. The van der Waals surface area contributed by atoms with Crippen molar-refractivity contribution in [3.8, 4) is 17.0 Å². The minimum atomic E-state index is -0.384.